The minimum absolute atomic E-state index is 0.472. The van der Waals surface area contributed by atoms with Crippen molar-refractivity contribution in [3.05, 3.63) is 30.1 Å². The molecule has 94 valence electrons. The summed E-state index contributed by atoms with van der Waals surface area (Å²) in [5.74, 6) is 0. The highest BCUT2D eigenvalue weighted by Gasteiger charge is 2.21. The highest BCUT2D eigenvalue weighted by Crippen LogP contribution is 2.25. The molecule has 1 aromatic rings. The van der Waals surface area contributed by atoms with Gasteiger partial charge in [-0.1, -0.05) is 12.5 Å². The van der Waals surface area contributed by atoms with Gasteiger partial charge in [0.25, 0.3) is 0 Å². The summed E-state index contributed by atoms with van der Waals surface area (Å²) in [6.45, 7) is 1.18. The number of hydrogen-bond acceptors (Lipinski definition) is 3. The summed E-state index contributed by atoms with van der Waals surface area (Å²) in [5, 5.41) is 3.63. The number of rotatable bonds is 4. The van der Waals surface area contributed by atoms with Crippen LogP contribution in [0.5, 0.6) is 0 Å². The molecule has 2 unspecified atom stereocenters. The van der Waals surface area contributed by atoms with E-state index in [1.165, 1.54) is 37.8 Å². The van der Waals surface area contributed by atoms with Gasteiger partial charge >= 0.3 is 0 Å². The van der Waals surface area contributed by atoms with Crippen molar-refractivity contribution >= 4 is 0 Å². The third kappa shape index (κ3) is 3.51. The van der Waals surface area contributed by atoms with Crippen molar-refractivity contribution in [3.63, 3.8) is 0 Å². The van der Waals surface area contributed by atoms with Crippen molar-refractivity contribution in [2.75, 3.05) is 20.6 Å². The van der Waals surface area contributed by atoms with E-state index in [0.29, 0.717) is 12.1 Å². The fraction of sp³-hybridized carbons (Fsp3) is 0.643. The molecule has 2 atom stereocenters. The van der Waals surface area contributed by atoms with E-state index in [-0.39, 0.29) is 0 Å². The van der Waals surface area contributed by atoms with Crippen LogP contribution in [0.2, 0.25) is 0 Å². The van der Waals surface area contributed by atoms with Gasteiger partial charge in [0, 0.05) is 24.5 Å². The van der Waals surface area contributed by atoms with Gasteiger partial charge in [-0.25, -0.2) is 0 Å². The summed E-state index contributed by atoms with van der Waals surface area (Å²) >= 11 is 0. The van der Waals surface area contributed by atoms with Gasteiger partial charge in [-0.05, 0) is 51.5 Å². The molecule has 0 aromatic carbocycles. The molecule has 1 fully saturated rings. The lowest BCUT2D eigenvalue weighted by molar-refractivity contribution is 0.239. The summed E-state index contributed by atoms with van der Waals surface area (Å²) in [7, 11) is 4.31. The Kier molecular flexibility index (Phi) is 4.51. The Balaban J connectivity index is 2.02. The van der Waals surface area contributed by atoms with E-state index in [0.717, 1.165) is 0 Å². The molecule has 0 bridgehead atoms. The van der Waals surface area contributed by atoms with E-state index in [4.69, 9.17) is 0 Å². The third-order valence-electron chi connectivity index (χ3n) is 3.61. The highest BCUT2D eigenvalue weighted by atomic mass is 15.1. The molecule has 1 aromatic heterocycles. The second kappa shape index (κ2) is 6.12. The SMILES string of the molecule is CN(C)C(CC1CCCCN1)c1cccnc1. The summed E-state index contributed by atoms with van der Waals surface area (Å²) in [5.41, 5.74) is 1.32. The molecule has 1 N–H and O–H groups in total. The molecular formula is C14H23N3. The smallest absolute Gasteiger partial charge is 0.0372 e. The molecule has 0 spiro atoms. The van der Waals surface area contributed by atoms with E-state index in [9.17, 15) is 0 Å². The number of hydrogen-bond donors (Lipinski definition) is 1. The average molecular weight is 233 g/mol. The van der Waals surface area contributed by atoms with Crippen LogP contribution in [0.3, 0.4) is 0 Å². The second-order valence-corrected chi connectivity index (χ2v) is 5.15. The van der Waals surface area contributed by atoms with Crippen LogP contribution in [0.4, 0.5) is 0 Å². The normalized spacial score (nSPS) is 22.6. The fourth-order valence-electron chi connectivity index (χ4n) is 2.61. The van der Waals surface area contributed by atoms with Crippen LogP contribution in [0, 0.1) is 0 Å². The van der Waals surface area contributed by atoms with Gasteiger partial charge < -0.3 is 10.2 Å². The fourth-order valence-corrected chi connectivity index (χ4v) is 2.61. The highest BCUT2D eigenvalue weighted by molar-refractivity contribution is 5.14. The van der Waals surface area contributed by atoms with E-state index >= 15 is 0 Å². The Morgan fingerprint density at radius 1 is 1.47 bits per heavy atom. The van der Waals surface area contributed by atoms with Crippen molar-refractivity contribution in [2.45, 2.75) is 37.8 Å². The monoisotopic (exact) mass is 233 g/mol. The lowest BCUT2D eigenvalue weighted by atomic mass is 9.94. The van der Waals surface area contributed by atoms with Gasteiger partial charge in [-0.15, -0.1) is 0 Å². The predicted octanol–water partition coefficient (Wildman–Crippen LogP) is 2.22. The molecule has 2 rings (SSSR count). The summed E-state index contributed by atoms with van der Waals surface area (Å²) in [6.07, 6.45) is 9.02. The van der Waals surface area contributed by atoms with E-state index in [1.54, 1.807) is 0 Å². The number of aromatic nitrogens is 1. The molecule has 1 saturated heterocycles. The van der Waals surface area contributed by atoms with Crippen LogP contribution in [0.15, 0.2) is 24.5 Å². The Morgan fingerprint density at radius 2 is 2.35 bits per heavy atom. The first-order chi connectivity index (χ1) is 8.27. The van der Waals surface area contributed by atoms with Crippen molar-refractivity contribution in [3.8, 4) is 0 Å². The quantitative estimate of drug-likeness (QED) is 0.864. The Bertz CT molecular complexity index is 317. The molecule has 2 heterocycles. The standard InChI is InChI=1S/C14H23N3/c1-17(2)14(12-6-5-8-15-11-12)10-13-7-3-4-9-16-13/h5-6,8,11,13-14,16H,3-4,7,9-10H2,1-2H3. The molecule has 1 aliphatic heterocycles. The molecule has 17 heavy (non-hydrogen) atoms. The van der Waals surface area contributed by atoms with E-state index in [1.807, 2.05) is 18.5 Å². The first-order valence-electron chi connectivity index (χ1n) is 6.57. The van der Waals surface area contributed by atoms with Gasteiger partial charge in [0.1, 0.15) is 0 Å². The summed E-state index contributed by atoms with van der Waals surface area (Å²) < 4.78 is 0. The molecule has 0 amide bonds. The lowest BCUT2D eigenvalue weighted by Crippen LogP contribution is -2.37. The number of piperidine rings is 1. The van der Waals surface area contributed by atoms with Gasteiger partial charge in [0.2, 0.25) is 0 Å². The topological polar surface area (TPSA) is 28.2 Å². The maximum Gasteiger partial charge on any atom is 0.0372 e. The molecular weight excluding hydrogens is 210 g/mol. The molecule has 0 aliphatic carbocycles. The van der Waals surface area contributed by atoms with Crippen LogP contribution >= 0.6 is 0 Å². The minimum atomic E-state index is 0.472. The number of nitrogens with zero attached hydrogens (tertiary/aromatic N) is 2. The van der Waals surface area contributed by atoms with Gasteiger partial charge in [-0.2, -0.15) is 0 Å². The van der Waals surface area contributed by atoms with Gasteiger partial charge in [0.15, 0.2) is 0 Å². The molecule has 0 radical (unpaired) electrons. The number of pyridine rings is 1. The predicted molar refractivity (Wildman–Crippen MR) is 70.9 cm³/mol. The van der Waals surface area contributed by atoms with Crippen LogP contribution < -0.4 is 5.32 Å². The van der Waals surface area contributed by atoms with E-state index < -0.39 is 0 Å². The maximum absolute atomic E-state index is 4.23. The minimum Gasteiger partial charge on any atom is -0.314 e. The zero-order chi connectivity index (χ0) is 12.1. The number of nitrogens with one attached hydrogen (secondary N) is 1. The van der Waals surface area contributed by atoms with Crippen molar-refractivity contribution < 1.29 is 0 Å². The summed E-state index contributed by atoms with van der Waals surface area (Å²) in [4.78, 5) is 6.53. The Hall–Kier alpha value is -0.930. The summed E-state index contributed by atoms with van der Waals surface area (Å²) in [6, 6.07) is 5.34. The average Bonchev–Trinajstić information content (AvgIpc) is 2.38. The molecule has 3 heteroatoms. The zero-order valence-corrected chi connectivity index (χ0v) is 10.9. The van der Waals surface area contributed by atoms with E-state index in [2.05, 4.69) is 35.4 Å². The van der Waals surface area contributed by atoms with Crippen LogP contribution in [-0.2, 0) is 0 Å². The lowest BCUT2D eigenvalue weighted by Gasteiger charge is -2.31. The van der Waals surface area contributed by atoms with Crippen molar-refractivity contribution in [1.29, 1.82) is 0 Å². The largest absolute Gasteiger partial charge is 0.314 e. The third-order valence-corrected chi connectivity index (χ3v) is 3.61. The first-order valence-corrected chi connectivity index (χ1v) is 6.57. The van der Waals surface area contributed by atoms with Gasteiger partial charge in [0.05, 0.1) is 0 Å². The van der Waals surface area contributed by atoms with Crippen LogP contribution in [0.1, 0.15) is 37.3 Å². The van der Waals surface area contributed by atoms with Gasteiger partial charge in [-0.3, -0.25) is 4.98 Å². The van der Waals surface area contributed by atoms with Crippen LogP contribution in [-0.4, -0.2) is 36.6 Å². The molecule has 0 saturated carbocycles. The second-order valence-electron chi connectivity index (χ2n) is 5.15. The zero-order valence-electron chi connectivity index (χ0n) is 10.9. The first kappa shape index (κ1) is 12.5. The molecule has 1 aliphatic rings. The Labute approximate surface area is 104 Å². The van der Waals surface area contributed by atoms with Crippen LogP contribution in [0.25, 0.3) is 0 Å². The van der Waals surface area contributed by atoms with Crippen molar-refractivity contribution in [2.24, 2.45) is 0 Å². The maximum atomic E-state index is 4.23. The van der Waals surface area contributed by atoms with Crippen molar-refractivity contribution in [1.82, 2.24) is 15.2 Å². The molecule has 3 nitrogen and oxygen atoms in total. The Morgan fingerprint density at radius 3 is 2.94 bits per heavy atom.